The third kappa shape index (κ3) is 5.03. The number of thioether (sulfide) groups is 1. The second kappa shape index (κ2) is 9.93. The number of fused-ring (bicyclic) bond motifs is 3. The number of amides is 3. The average molecular weight is 496 g/mol. The molecule has 1 saturated heterocycles. The Morgan fingerprint density at radius 2 is 1.89 bits per heavy atom. The highest BCUT2D eigenvalue weighted by molar-refractivity contribution is 8.01. The first-order valence-electron chi connectivity index (χ1n) is 11.9. The molecule has 2 aromatic rings. The van der Waals surface area contributed by atoms with Gasteiger partial charge in [-0.3, -0.25) is 14.4 Å². The van der Waals surface area contributed by atoms with Crippen LogP contribution >= 0.6 is 11.8 Å². The maximum atomic E-state index is 13.6. The van der Waals surface area contributed by atoms with Crippen molar-refractivity contribution in [3.05, 3.63) is 65.2 Å². The first kappa shape index (κ1) is 25.1. The van der Waals surface area contributed by atoms with Crippen molar-refractivity contribution in [1.29, 1.82) is 0 Å². The summed E-state index contributed by atoms with van der Waals surface area (Å²) in [5, 5.41) is 5.73. The summed E-state index contributed by atoms with van der Waals surface area (Å²) in [5.74, 6) is 0.237. The standard InChI is InChI=1S/C27H33N3O4S/c1-16(2)13-21(23(31)28-15-17-9-8-10-18(14-17)34-5)29-24(32)22-27(3,4)35-26-20-12-7-6-11-19(20)25(33)30(22)26/h6-12,14,16,21-22,26H,13,15H2,1-5H3,(H,28,31)(H,29,32)/t21-,22-,26-/m0/s1. The van der Waals surface area contributed by atoms with E-state index in [1.54, 1.807) is 23.8 Å². The fourth-order valence-corrected chi connectivity index (χ4v) is 6.44. The van der Waals surface area contributed by atoms with Crippen molar-refractivity contribution in [1.82, 2.24) is 15.5 Å². The van der Waals surface area contributed by atoms with Gasteiger partial charge in [-0.2, -0.15) is 0 Å². The van der Waals surface area contributed by atoms with Crippen LogP contribution in [0.1, 0.15) is 61.0 Å². The van der Waals surface area contributed by atoms with Crippen LogP contribution in [-0.2, 0) is 16.1 Å². The maximum Gasteiger partial charge on any atom is 0.256 e. The van der Waals surface area contributed by atoms with Crippen LogP contribution in [0.25, 0.3) is 0 Å². The van der Waals surface area contributed by atoms with Gasteiger partial charge in [0, 0.05) is 16.9 Å². The Hall–Kier alpha value is -3.00. The lowest BCUT2D eigenvalue weighted by atomic mass is 9.98. The molecule has 0 spiro atoms. The number of ether oxygens (including phenoxy) is 1. The van der Waals surface area contributed by atoms with Gasteiger partial charge in [-0.1, -0.05) is 44.2 Å². The minimum absolute atomic E-state index is 0.133. The summed E-state index contributed by atoms with van der Waals surface area (Å²) in [4.78, 5) is 41.7. The number of nitrogens with one attached hydrogen (secondary N) is 2. The molecule has 2 aromatic carbocycles. The molecular weight excluding hydrogens is 462 g/mol. The molecule has 3 amide bonds. The number of hydrogen-bond donors (Lipinski definition) is 2. The van der Waals surface area contributed by atoms with Crippen molar-refractivity contribution in [3.63, 3.8) is 0 Å². The second-order valence-electron chi connectivity index (χ2n) is 10.0. The number of carbonyl (C=O) groups is 3. The third-order valence-electron chi connectivity index (χ3n) is 6.49. The molecule has 0 saturated carbocycles. The smallest absolute Gasteiger partial charge is 0.256 e. The number of methoxy groups -OCH3 is 1. The molecule has 7 nitrogen and oxygen atoms in total. The lowest BCUT2D eigenvalue weighted by Crippen LogP contribution is -2.57. The number of nitrogens with zero attached hydrogens (tertiary/aromatic N) is 1. The molecule has 3 atom stereocenters. The average Bonchev–Trinajstić information content (AvgIpc) is 3.25. The maximum absolute atomic E-state index is 13.6. The van der Waals surface area contributed by atoms with Gasteiger partial charge >= 0.3 is 0 Å². The monoisotopic (exact) mass is 495 g/mol. The summed E-state index contributed by atoms with van der Waals surface area (Å²) >= 11 is 1.61. The predicted molar refractivity (Wildman–Crippen MR) is 137 cm³/mol. The first-order chi connectivity index (χ1) is 16.6. The molecule has 4 rings (SSSR count). The van der Waals surface area contributed by atoms with Crippen LogP contribution in [-0.4, -0.2) is 46.6 Å². The highest BCUT2D eigenvalue weighted by Crippen LogP contribution is 2.56. The second-order valence-corrected chi connectivity index (χ2v) is 11.8. The van der Waals surface area contributed by atoms with Crippen molar-refractivity contribution in [2.75, 3.05) is 7.11 Å². The van der Waals surface area contributed by atoms with E-state index in [0.29, 0.717) is 18.5 Å². The quantitative estimate of drug-likeness (QED) is 0.580. The van der Waals surface area contributed by atoms with E-state index in [1.165, 1.54) is 0 Å². The fraction of sp³-hybridized carbons (Fsp3) is 0.444. The van der Waals surface area contributed by atoms with Crippen LogP contribution < -0.4 is 15.4 Å². The summed E-state index contributed by atoms with van der Waals surface area (Å²) in [5.41, 5.74) is 2.50. The predicted octanol–water partition coefficient (Wildman–Crippen LogP) is 3.89. The normalized spacial score (nSPS) is 20.9. The molecule has 2 aliphatic heterocycles. The Labute approximate surface area is 211 Å². The summed E-state index contributed by atoms with van der Waals surface area (Å²) in [7, 11) is 1.60. The highest BCUT2D eigenvalue weighted by Gasteiger charge is 2.57. The van der Waals surface area contributed by atoms with Crippen molar-refractivity contribution in [2.24, 2.45) is 5.92 Å². The summed E-state index contributed by atoms with van der Waals surface area (Å²) in [6.45, 7) is 8.32. The topological polar surface area (TPSA) is 87.7 Å². The zero-order valence-corrected chi connectivity index (χ0v) is 21.6. The molecule has 2 heterocycles. The molecule has 8 heteroatoms. The van der Waals surface area contributed by atoms with Crippen LogP contribution in [0, 0.1) is 5.92 Å². The van der Waals surface area contributed by atoms with Crippen molar-refractivity contribution in [2.45, 2.75) is 62.9 Å². The van der Waals surface area contributed by atoms with E-state index < -0.39 is 16.8 Å². The zero-order chi connectivity index (χ0) is 25.3. The van der Waals surface area contributed by atoms with Gasteiger partial charge in [0.15, 0.2) is 0 Å². The summed E-state index contributed by atoms with van der Waals surface area (Å²) in [6.07, 6.45) is 0.494. The minimum Gasteiger partial charge on any atom is -0.497 e. The van der Waals surface area contributed by atoms with E-state index in [2.05, 4.69) is 10.6 Å². The number of carbonyl (C=O) groups excluding carboxylic acids is 3. The van der Waals surface area contributed by atoms with Crippen LogP contribution in [0.2, 0.25) is 0 Å². The SMILES string of the molecule is COc1cccc(CNC(=O)[C@H](CC(C)C)NC(=O)[C@@H]2N3C(=O)c4ccccc4[C@@H]3SC2(C)C)c1. The third-order valence-corrected chi connectivity index (χ3v) is 8.02. The number of benzene rings is 2. The minimum atomic E-state index is -0.701. The Morgan fingerprint density at radius 3 is 2.60 bits per heavy atom. The van der Waals surface area contributed by atoms with Crippen molar-refractivity contribution in [3.8, 4) is 5.75 Å². The Kier molecular flexibility index (Phi) is 7.12. The van der Waals surface area contributed by atoms with Crippen LogP contribution in [0.3, 0.4) is 0 Å². The van der Waals surface area contributed by atoms with Crippen LogP contribution in [0.4, 0.5) is 0 Å². The van der Waals surface area contributed by atoms with E-state index in [0.717, 1.165) is 16.9 Å². The fourth-order valence-electron chi connectivity index (χ4n) is 4.85. The van der Waals surface area contributed by atoms with Gasteiger partial charge in [-0.15, -0.1) is 11.8 Å². The molecule has 0 unspecified atom stereocenters. The lowest BCUT2D eigenvalue weighted by Gasteiger charge is -2.31. The molecule has 35 heavy (non-hydrogen) atoms. The van der Waals surface area contributed by atoms with Crippen molar-refractivity contribution >= 4 is 29.5 Å². The highest BCUT2D eigenvalue weighted by atomic mass is 32.2. The zero-order valence-electron chi connectivity index (χ0n) is 20.8. The van der Waals surface area contributed by atoms with Crippen LogP contribution in [0.5, 0.6) is 5.75 Å². The van der Waals surface area contributed by atoms with Gasteiger partial charge < -0.3 is 20.3 Å². The largest absolute Gasteiger partial charge is 0.497 e. The van der Waals surface area contributed by atoms with Gasteiger partial charge in [-0.05, 0) is 55.5 Å². The molecule has 2 aliphatic rings. The van der Waals surface area contributed by atoms with Crippen LogP contribution in [0.15, 0.2) is 48.5 Å². The van der Waals surface area contributed by atoms with E-state index in [-0.39, 0.29) is 29.0 Å². The molecule has 186 valence electrons. The van der Waals surface area contributed by atoms with E-state index in [9.17, 15) is 14.4 Å². The van der Waals surface area contributed by atoms with Gasteiger partial charge in [0.2, 0.25) is 11.8 Å². The summed E-state index contributed by atoms with van der Waals surface area (Å²) < 4.78 is 4.75. The number of hydrogen-bond acceptors (Lipinski definition) is 5. The van der Waals surface area contributed by atoms with Gasteiger partial charge in [-0.25, -0.2) is 0 Å². The lowest BCUT2D eigenvalue weighted by molar-refractivity contribution is -0.132. The number of rotatable bonds is 8. The molecule has 0 radical (unpaired) electrons. The van der Waals surface area contributed by atoms with Gasteiger partial charge in [0.05, 0.1) is 7.11 Å². The molecular formula is C27H33N3O4S. The van der Waals surface area contributed by atoms with E-state index in [4.69, 9.17) is 4.74 Å². The molecule has 1 fully saturated rings. The Morgan fingerprint density at radius 1 is 1.14 bits per heavy atom. The van der Waals surface area contributed by atoms with Gasteiger partial charge in [0.1, 0.15) is 23.2 Å². The Bertz CT molecular complexity index is 1130. The van der Waals surface area contributed by atoms with Crippen molar-refractivity contribution < 1.29 is 19.1 Å². The van der Waals surface area contributed by atoms with E-state index >= 15 is 0 Å². The molecule has 0 bridgehead atoms. The molecule has 0 aliphatic carbocycles. The summed E-state index contributed by atoms with van der Waals surface area (Å²) in [6, 6.07) is 13.6. The van der Waals surface area contributed by atoms with E-state index in [1.807, 2.05) is 76.2 Å². The van der Waals surface area contributed by atoms with Gasteiger partial charge in [0.25, 0.3) is 5.91 Å². The Balaban J connectivity index is 1.50. The molecule has 2 N–H and O–H groups in total. The molecule has 0 aromatic heterocycles. The first-order valence-corrected chi connectivity index (χ1v) is 12.8.